The SMILES string of the molecule is O=C(Cc1ccc2c(c1)CCO2)Nc1ncc(C2CCNCC2)s1. The van der Waals surface area contributed by atoms with Gasteiger partial charge in [-0.1, -0.05) is 12.1 Å². The molecular weight excluding hydrogens is 322 g/mol. The molecule has 1 aromatic carbocycles. The maximum Gasteiger partial charge on any atom is 0.230 e. The lowest BCUT2D eigenvalue weighted by Gasteiger charge is -2.20. The van der Waals surface area contributed by atoms with Crippen molar-refractivity contribution >= 4 is 22.4 Å². The summed E-state index contributed by atoms with van der Waals surface area (Å²) in [7, 11) is 0. The summed E-state index contributed by atoms with van der Waals surface area (Å²) in [5.74, 6) is 1.51. The Labute approximate surface area is 145 Å². The fourth-order valence-electron chi connectivity index (χ4n) is 3.34. The molecule has 1 aromatic heterocycles. The number of fused-ring (bicyclic) bond motifs is 1. The van der Waals surface area contributed by atoms with Crippen LogP contribution in [0.2, 0.25) is 0 Å². The van der Waals surface area contributed by atoms with Crippen LogP contribution in [0.1, 0.15) is 34.8 Å². The molecule has 0 bridgehead atoms. The molecule has 5 nitrogen and oxygen atoms in total. The summed E-state index contributed by atoms with van der Waals surface area (Å²) in [6, 6.07) is 6.00. The van der Waals surface area contributed by atoms with Gasteiger partial charge < -0.3 is 15.4 Å². The molecule has 1 amide bonds. The van der Waals surface area contributed by atoms with Gasteiger partial charge in [0.1, 0.15) is 5.75 Å². The van der Waals surface area contributed by atoms with Gasteiger partial charge >= 0.3 is 0 Å². The first-order valence-electron chi connectivity index (χ1n) is 8.49. The summed E-state index contributed by atoms with van der Waals surface area (Å²) >= 11 is 1.61. The van der Waals surface area contributed by atoms with Crippen molar-refractivity contribution in [2.45, 2.75) is 31.6 Å². The zero-order valence-corrected chi connectivity index (χ0v) is 14.3. The summed E-state index contributed by atoms with van der Waals surface area (Å²) < 4.78 is 5.50. The molecule has 2 aliphatic rings. The number of thiazole rings is 1. The topological polar surface area (TPSA) is 63.2 Å². The summed E-state index contributed by atoms with van der Waals surface area (Å²) in [6.07, 6.45) is 5.51. The molecule has 0 atom stereocenters. The van der Waals surface area contributed by atoms with Crippen LogP contribution in [0.3, 0.4) is 0 Å². The maximum absolute atomic E-state index is 12.3. The quantitative estimate of drug-likeness (QED) is 0.896. The Morgan fingerprint density at radius 1 is 1.38 bits per heavy atom. The highest BCUT2D eigenvalue weighted by atomic mass is 32.1. The summed E-state index contributed by atoms with van der Waals surface area (Å²) in [5.41, 5.74) is 2.22. The molecule has 0 saturated carbocycles. The van der Waals surface area contributed by atoms with E-state index in [-0.39, 0.29) is 5.91 Å². The Bertz CT molecular complexity index is 738. The van der Waals surface area contributed by atoms with Crippen molar-refractivity contribution in [3.8, 4) is 5.75 Å². The smallest absolute Gasteiger partial charge is 0.230 e. The Morgan fingerprint density at radius 2 is 2.25 bits per heavy atom. The molecule has 24 heavy (non-hydrogen) atoms. The predicted molar refractivity (Wildman–Crippen MR) is 94.9 cm³/mol. The predicted octanol–water partition coefficient (Wildman–Crippen LogP) is 2.73. The number of benzene rings is 1. The number of rotatable bonds is 4. The standard InChI is InChI=1S/C18H21N3O2S/c22-17(10-12-1-2-15-14(9-12)5-8-23-15)21-18-20-11-16(24-18)13-3-6-19-7-4-13/h1-2,9,11,13,19H,3-8,10H2,(H,20,21,22). The van der Waals surface area contributed by atoms with Gasteiger partial charge in [-0.05, 0) is 49.0 Å². The highest BCUT2D eigenvalue weighted by Crippen LogP contribution is 2.32. The van der Waals surface area contributed by atoms with Gasteiger partial charge in [-0.25, -0.2) is 4.98 Å². The summed E-state index contributed by atoms with van der Waals surface area (Å²) in [5, 5.41) is 7.02. The fourth-order valence-corrected chi connectivity index (χ4v) is 4.34. The second kappa shape index (κ2) is 6.91. The van der Waals surface area contributed by atoms with Crippen molar-refractivity contribution < 1.29 is 9.53 Å². The van der Waals surface area contributed by atoms with E-state index in [9.17, 15) is 4.79 Å². The first-order chi connectivity index (χ1) is 11.8. The summed E-state index contributed by atoms with van der Waals surface area (Å²) in [4.78, 5) is 17.9. The van der Waals surface area contributed by atoms with Crippen molar-refractivity contribution in [2.24, 2.45) is 0 Å². The van der Waals surface area contributed by atoms with Crippen molar-refractivity contribution in [1.82, 2.24) is 10.3 Å². The zero-order chi connectivity index (χ0) is 16.4. The van der Waals surface area contributed by atoms with Gasteiger partial charge in [-0.2, -0.15) is 0 Å². The van der Waals surface area contributed by atoms with Gasteiger partial charge in [0.05, 0.1) is 13.0 Å². The van der Waals surface area contributed by atoms with Gasteiger partial charge in [0.25, 0.3) is 0 Å². The molecular formula is C18H21N3O2S. The molecule has 6 heteroatoms. The second-order valence-electron chi connectivity index (χ2n) is 6.36. The lowest BCUT2D eigenvalue weighted by molar-refractivity contribution is -0.115. The van der Waals surface area contributed by atoms with E-state index >= 15 is 0 Å². The number of anilines is 1. The number of aromatic nitrogens is 1. The van der Waals surface area contributed by atoms with Crippen LogP contribution in [0.5, 0.6) is 5.75 Å². The van der Waals surface area contributed by atoms with Crippen molar-refractivity contribution in [3.05, 3.63) is 40.4 Å². The normalized spacial score (nSPS) is 17.3. The molecule has 1 saturated heterocycles. The number of amides is 1. The van der Waals surface area contributed by atoms with Gasteiger partial charge in [0.15, 0.2) is 5.13 Å². The molecule has 2 aliphatic heterocycles. The molecule has 0 spiro atoms. The number of piperidine rings is 1. The molecule has 2 aromatic rings. The van der Waals surface area contributed by atoms with E-state index < -0.39 is 0 Å². The van der Waals surface area contributed by atoms with Gasteiger partial charge in [0, 0.05) is 17.5 Å². The number of hydrogen-bond acceptors (Lipinski definition) is 5. The fraction of sp³-hybridized carbons (Fsp3) is 0.444. The second-order valence-corrected chi connectivity index (χ2v) is 7.42. The van der Waals surface area contributed by atoms with Crippen LogP contribution < -0.4 is 15.4 Å². The number of ether oxygens (including phenoxy) is 1. The van der Waals surface area contributed by atoms with E-state index in [1.54, 1.807) is 11.3 Å². The van der Waals surface area contributed by atoms with Crippen LogP contribution in [-0.2, 0) is 17.6 Å². The number of carbonyl (C=O) groups is 1. The van der Waals surface area contributed by atoms with Gasteiger partial charge in [0.2, 0.25) is 5.91 Å². The minimum Gasteiger partial charge on any atom is -0.493 e. The summed E-state index contributed by atoms with van der Waals surface area (Å²) in [6.45, 7) is 2.86. The minimum absolute atomic E-state index is 0.0138. The Hall–Kier alpha value is -1.92. The van der Waals surface area contributed by atoms with Crippen LogP contribution in [0, 0.1) is 0 Å². The van der Waals surface area contributed by atoms with Crippen LogP contribution in [0.4, 0.5) is 5.13 Å². The molecule has 0 radical (unpaired) electrons. The Balaban J connectivity index is 1.36. The average Bonchev–Trinajstić information content (AvgIpc) is 3.24. The highest BCUT2D eigenvalue weighted by Gasteiger charge is 2.19. The molecule has 2 N–H and O–H groups in total. The first-order valence-corrected chi connectivity index (χ1v) is 9.30. The third kappa shape index (κ3) is 3.44. The third-order valence-electron chi connectivity index (χ3n) is 4.63. The molecule has 0 aliphatic carbocycles. The number of carbonyl (C=O) groups excluding carboxylic acids is 1. The number of hydrogen-bond donors (Lipinski definition) is 2. The largest absolute Gasteiger partial charge is 0.493 e. The van der Waals surface area contributed by atoms with E-state index in [1.165, 1.54) is 10.4 Å². The number of nitrogens with one attached hydrogen (secondary N) is 2. The van der Waals surface area contributed by atoms with Crippen molar-refractivity contribution in [1.29, 1.82) is 0 Å². The van der Waals surface area contributed by atoms with E-state index in [2.05, 4.69) is 21.7 Å². The van der Waals surface area contributed by atoms with Crippen LogP contribution in [0.15, 0.2) is 24.4 Å². The van der Waals surface area contributed by atoms with Gasteiger partial charge in [-0.3, -0.25) is 4.79 Å². The average molecular weight is 343 g/mol. The molecule has 3 heterocycles. The lowest BCUT2D eigenvalue weighted by atomic mass is 9.97. The molecule has 4 rings (SSSR count). The monoisotopic (exact) mass is 343 g/mol. The van der Waals surface area contributed by atoms with E-state index in [0.29, 0.717) is 17.5 Å². The Kier molecular flexibility index (Phi) is 4.49. The maximum atomic E-state index is 12.3. The van der Waals surface area contributed by atoms with Crippen LogP contribution >= 0.6 is 11.3 Å². The minimum atomic E-state index is -0.0138. The van der Waals surface area contributed by atoms with Gasteiger partial charge in [-0.15, -0.1) is 11.3 Å². The lowest BCUT2D eigenvalue weighted by Crippen LogP contribution is -2.26. The van der Waals surface area contributed by atoms with E-state index in [1.807, 2.05) is 18.3 Å². The van der Waals surface area contributed by atoms with E-state index in [4.69, 9.17) is 4.74 Å². The molecule has 1 fully saturated rings. The third-order valence-corrected chi connectivity index (χ3v) is 5.71. The van der Waals surface area contributed by atoms with Crippen molar-refractivity contribution in [2.75, 3.05) is 25.0 Å². The highest BCUT2D eigenvalue weighted by molar-refractivity contribution is 7.15. The Morgan fingerprint density at radius 3 is 3.12 bits per heavy atom. The van der Waals surface area contributed by atoms with Crippen LogP contribution in [-0.4, -0.2) is 30.6 Å². The molecule has 0 unspecified atom stereocenters. The van der Waals surface area contributed by atoms with Crippen molar-refractivity contribution in [3.63, 3.8) is 0 Å². The van der Waals surface area contributed by atoms with E-state index in [0.717, 1.165) is 50.3 Å². The van der Waals surface area contributed by atoms with Crippen LogP contribution in [0.25, 0.3) is 0 Å². The zero-order valence-electron chi connectivity index (χ0n) is 13.5. The first kappa shape index (κ1) is 15.6. The number of nitrogens with zero attached hydrogens (tertiary/aromatic N) is 1. The molecule has 126 valence electrons.